The zero-order chi connectivity index (χ0) is 24.7. The smallest absolute Gasteiger partial charge is 0.336 e. The number of rotatable bonds is 9. The van der Waals surface area contributed by atoms with Gasteiger partial charge in [-0.1, -0.05) is 42.5 Å². The number of allylic oxidation sites excluding steroid dienone is 2. The highest BCUT2D eigenvalue weighted by Gasteiger charge is 2.38. The molecule has 2 aromatic rings. The van der Waals surface area contributed by atoms with Gasteiger partial charge in [-0.15, -0.1) is 11.8 Å². The van der Waals surface area contributed by atoms with Crippen LogP contribution in [0.2, 0.25) is 0 Å². The number of hydrogen-bond acceptors (Lipinski definition) is 7. The molecule has 0 aromatic heterocycles. The van der Waals surface area contributed by atoms with E-state index in [9.17, 15) is 14.7 Å². The van der Waals surface area contributed by atoms with Crippen molar-refractivity contribution in [3.05, 3.63) is 88.3 Å². The van der Waals surface area contributed by atoms with Gasteiger partial charge in [-0.2, -0.15) is 0 Å². The van der Waals surface area contributed by atoms with Crippen LogP contribution in [-0.2, 0) is 19.1 Å². The third-order valence-corrected chi connectivity index (χ3v) is 6.55. The number of carbonyl (C=O) groups is 2. The lowest BCUT2D eigenvalue weighted by Crippen LogP contribution is -2.33. The number of benzene rings is 2. The van der Waals surface area contributed by atoms with E-state index in [-0.39, 0.29) is 6.61 Å². The van der Waals surface area contributed by atoms with Crippen molar-refractivity contribution in [1.29, 1.82) is 0 Å². The molecule has 0 aliphatic carbocycles. The summed E-state index contributed by atoms with van der Waals surface area (Å²) in [4.78, 5) is 27.1. The number of esters is 2. The minimum absolute atomic E-state index is 0.204. The number of hydrogen-bond donors (Lipinski definition) is 2. The van der Waals surface area contributed by atoms with E-state index < -0.39 is 24.0 Å². The second-order valence-corrected chi connectivity index (χ2v) is 8.82. The van der Waals surface area contributed by atoms with Crippen molar-refractivity contribution in [2.45, 2.75) is 43.6 Å². The minimum Gasteiger partial charge on any atom is -0.466 e. The summed E-state index contributed by atoms with van der Waals surface area (Å²) < 4.78 is 10.5. The van der Waals surface area contributed by atoms with Crippen molar-refractivity contribution in [3.8, 4) is 0 Å². The Balaban J connectivity index is 2.09. The molecule has 2 aromatic carbocycles. The molecule has 0 spiro atoms. The Hall–Kier alpha value is -3.03. The SMILES string of the molecule is CCOC(=O)C1=C(CCC(O)c2ccccc2)NC(C)=C(C(=O)OC)C1c1cccc(SC)c1. The maximum absolute atomic E-state index is 13.3. The monoisotopic (exact) mass is 481 g/mol. The van der Waals surface area contributed by atoms with Gasteiger partial charge in [0.25, 0.3) is 0 Å². The molecule has 180 valence electrons. The molecule has 34 heavy (non-hydrogen) atoms. The van der Waals surface area contributed by atoms with Gasteiger partial charge in [0.15, 0.2) is 0 Å². The molecule has 3 rings (SSSR count). The van der Waals surface area contributed by atoms with Crippen molar-refractivity contribution in [2.75, 3.05) is 20.0 Å². The fraction of sp³-hybridized carbons (Fsp3) is 0.333. The fourth-order valence-electron chi connectivity index (χ4n) is 4.20. The third-order valence-electron chi connectivity index (χ3n) is 5.82. The topological polar surface area (TPSA) is 84.9 Å². The van der Waals surface area contributed by atoms with Crippen LogP contribution in [-0.4, -0.2) is 37.0 Å². The van der Waals surface area contributed by atoms with Crippen LogP contribution in [0.1, 0.15) is 49.8 Å². The number of nitrogens with one attached hydrogen (secondary N) is 1. The van der Waals surface area contributed by atoms with E-state index in [2.05, 4.69) is 5.32 Å². The molecule has 0 radical (unpaired) electrons. The lowest BCUT2D eigenvalue weighted by atomic mass is 9.79. The van der Waals surface area contributed by atoms with Crippen molar-refractivity contribution in [2.24, 2.45) is 0 Å². The summed E-state index contributed by atoms with van der Waals surface area (Å²) in [5, 5.41) is 14.0. The molecule has 0 bridgehead atoms. The number of thioether (sulfide) groups is 1. The molecule has 0 amide bonds. The fourth-order valence-corrected chi connectivity index (χ4v) is 4.67. The Kier molecular flexibility index (Phi) is 8.96. The van der Waals surface area contributed by atoms with Crippen LogP contribution in [0, 0.1) is 0 Å². The molecule has 1 aliphatic heterocycles. The van der Waals surface area contributed by atoms with E-state index in [4.69, 9.17) is 9.47 Å². The number of ether oxygens (including phenoxy) is 2. The van der Waals surface area contributed by atoms with E-state index in [1.54, 1.807) is 25.6 Å². The molecular weight excluding hydrogens is 450 g/mol. The van der Waals surface area contributed by atoms with Crippen molar-refractivity contribution in [1.82, 2.24) is 5.32 Å². The lowest BCUT2D eigenvalue weighted by Gasteiger charge is -2.32. The molecular formula is C27H31NO5S. The number of aliphatic hydroxyl groups is 1. The maximum atomic E-state index is 13.3. The van der Waals surface area contributed by atoms with E-state index in [1.165, 1.54) is 7.11 Å². The van der Waals surface area contributed by atoms with Crippen LogP contribution in [0.5, 0.6) is 0 Å². The zero-order valence-corrected chi connectivity index (χ0v) is 20.8. The molecule has 1 heterocycles. The summed E-state index contributed by atoms with van der Waals surface area (Å²) in [6.45, 7) is 3.75. The van der Waals surface area contributed by atoms with Crippen molar-refractivity contribution >= 4 is 23.7 Å². The van der Waals surface area contributed by atoms with Gasteiger partial charge in [-0.25, -0.2) is 9.59 Å². The second-order valence-electron chi connectivity index (χ2n) is 7.94. The van der Waals surface area contributed by atoms with Gasteiger partial charge < -0.3 is 19.9 Å². The molecule has 0 saturated heterocycles. The summed E-state index contributed by atoms with van der Waals surface area (Å²) in [5.41, 5.74) is 3.60. The highest BCUT2D eigenvalue weighted by molar-refractivity contribution is 7.98. The Morgan fingerprint density at radius 3 is 2.47 bits per heavy atom. The number of aliphatic hydroxyl groups excluding tert-OH is 1. The number of carbonyl (C=O) groups excluding carboxylic acids is 2. The Morgan fingerprint density at radius 2 is 1.82 bits per heavy atom. The van der Waals surface area contributed by atoms with Crippen LogP contribution >= 0.6 is 11.8 Å². The van der Waals surface area contributed by atoms with Crippen LogP contribution in [0.15, 0.2) is 82.0 Å². The molecule has 1 aliphatic rings. The van der Waals surface area contributed by atoms with Gasteiger partial charge in [0.1, 0.15) is 0 Å². The Bertz CT molecular complexity index is 1090. The largest absolute Gasteiger partial charge is 0.466 e. The number of dihydropyridines is 1. The highest BCUT2D eigenvalue weighted by Crippen LogP contribution is 2.41. The normalized spacial score (nSPS) is 16.7. The Morgan fingerprint density at radius 1 is 1.09 bits per heavy atom. The van der Waals surface area contributed by atoms with Crippen LogP contribution < -0.4 is 5.32 Å². The average molecular weight is 482 g/mol. The summed E-state index contributed by atoms with van der Waals surface area (Å²) in [6, 6.07) is 17.2. The third kappa shape index (κ3) is 5.72. The minimum atomic E-state index is -0.691. The van der Waals surface area contributed by atoms with E-state index in [0.717, 1.165) is 16.0 Å². The van der Waals surface area contributed by atoms with Gasteiger partial charge in [-0.3, -0.25) is 0 Å². The van der Waals surface area contributed by atoms with E-state index in [0.29, 0.717) is 35.4 Å². The van der Waals surface area contributed by atoms with Gasteiger partial charge >= 0.3 is 11.9 Å². The van der Waals surface area contributed by atoms with E-state index >= 15 is 0 Å². The zero-order valence-electron chi connectivity index (χ0n) is 20.0. The predicted molar refractivity (Wildman–Crippen MR) is 133 cm³/mol. The first-order valence-corrected chi connectivity index (χ1v) is 12.5. The lowest BCUT2D eigenvalue weighted by molar-refractivity contribution is -0.139. The number of methoxy groups -OCH3 is 1. The first kappa shape index (κ1) is 25.6. The summed E-state index contributed by atoms with van der Waals surface area (Å²) >= 11 is 1.58. The molecule has 2 unspecified atom stereocenters. The molecule has 2 N–H and O–H groups in total. The Labute approximate surface area is 205 Å². The molecule has 7 heteroatoms. The van der Waals surface area contributed by atoms with Gasteiger partial charge in [0, 0.05) is 16.3 Å². The summed E-state index contributed by atoms with van der Waals surface area (Å²) in [5.74, 6) is -1.65. The second kappa shape index (κ2) is 11.9. The van der Waals surface area contributed by atoms with Crippen LogP contribution in [0.25, 0.3) is 0 Å². The first-order chi connectivity index (χ1) is 16.4. The standard InChI is InChI=1S/C27H31NO5S/c1-5-33-27(31)25-21(14-15-22(29)18-10-7-6-8-11-18)28-17(2)23(26(30)32-3)24(25)19-12-9-13-20(16-19)34-4/h6-13,16,22,24,28-29H,5,14-15H2,1-4H3. The predicted octanol–water partition coefficient (Wildman–Crippen LogP) is 4.87. The van der Waals surface area contributed by atoms with Gasteiger partial charge in [0.2, 0.25) is 0 Å². The quantitative estimate of drug-likeness (QED) is 0.390. The van der Waals surface area contributed by atoms with Gasteiger partial charge in [-0.05, 0) is 56.2 Å². The van der Waals surface area contributed by atoms with Crippen LogP contribution in [0.4, 0.5) is 0 Å². The maximum Gasteiger partial charge on any atom is 0.336 e. The van der Waals surface area contributed by atoms with Crippen molar-refractivity contribution < 1.29 is 24.2 Å². The first-order valence-electron chi connectivity index (χ1n) is 11.2. The highest BCUT2D eigenvalue weighted by atomic mass is 32.2. The summed E-state index contributed by atoms with van der Waals surface area (Å²) in [6.07, 6.45) is 2.08. The molecule has 2 atom stereocenters. The van der Waals surface area contributed by atoms with Crippen molar-refractivity contribution in [3.63, 3.8) is 0 Å². The van der Waals surface area contributed by atoms with Crippen LogP contribution in [0.3, 0.4) is 0 Å². The molecule has 0 fully saturated rings. The molecule has 0 saturated carbocycles. The average Bonchev–Trinajstić information content (AvgIpc) is 2.86. The van der Waals surface area contributed by atoms with E-state index in [1.807, 2.05) is 60.9 Å². The van der Waals surface area contributed by atoms with Gasteiger partial charge in [0.05, 0.1) is 36.9 Å². The summed E-state index contributed by atoms with van der Waals surface area (Å²) in [7, 11) is 1.33. The molecule has 6 nitrogen and oxygen atoms in total.